The van der Waals surface area contributed by atoms with Crippen molar-refractivity contribution in [1.29, 1.82) is 0 Å². The number of nitrogens with two attached hydrogens (primary N) is 1. The van der Waals surface area contributed by atoms with Crippen LogP contribution in [0.1, 0.15) is 64.2 Å². The van der Waals surface area contributed by atoms with Crippen LogP contribution in [-0.2, 0) is 0 Å². The lowest BCUT2D eigenvalue weighted by Gasteiger charge is -2.29. The highest BCUT2D eigenvalue weighted by molar-refractivity contribution is 4.77. The molecule has 1 aliphatic carbocycles. The lowest BCUT2D eigenvalue weighted by molar-refractivity contribution is 0.255. The third kappa shape index (κ3) is 5.13. The Morgan fingerprint density at radius 3 is 2.56 bits per heavy atom. The minimum Gasteiger partial charge on any atom is -0.271 e. The predicted octanol–water partition coefficient (Wildman–Crippen LogP) is 3.54. The Morgan fingerprint density at radius 1 is 1.19 bits per heavy atom. The summed E-state index contributed by atoms with van der Waals surface area (Å²) in [5, 5.41) is 0. The third-order valence-corrected chi connectivity index (χ3v) is 3.86. The monoisotopic (exact) mass is 224 g/mol. The maximum absolute atomic E-state index is 5.68. The molecule has 0 aromatic rings. The molecule has 0 aromatic carbocycles. The van der Waals surface area contributed by atoms with E-state index in [-0.39, 0.29) is 0 Å². The second-order valence-corrected chi connectivity index (χ2v) is 5.10. The van der Waals surface area contributed by atoms with Gasteiger partial charge >= 0.3 is 0 Å². The highest BCUT2D eigenvalue weighted by atomic mass is 15.2. The van der Waals surface area contributed by atoms with E-state index in [4.69, 9.17) is 5.84 Å². The first-order valence-electron chi connectivity index (χ1n) is 6.95. The third-order valence-electron chi connectivity index (χ3n) is 3.86. The summed E-state index contributed by atoms with van der Waals surface area (Å²) in [5.74, 6) is 6.51. The molecule has 1 atom stereocenters. The molecule has 1 fully saturated rings. The summed E-state index contributed by atoms with van der Waals surface area (Å²) >= 11 is 0. The van der Waals surface area contributed by atoms with Crippen molar-refractivity contribution < 1.29 is 0 Å². The number of hydrogen-bond donors (Lipinski definition) is 2. The minimum atomic E-state index is 0.559. The summed E-state index contributed by atoms with van der Waals surface area (Å²) in [6, 6.07) is 0.559. The van der Waals surface area contributed by atoms with Crippen molar-refractivity contribution in [2.75, 3.05) is 0 Å². The average molecular weight is 224 g/mol. The van der Waals surface area contributed by atoms with Crippen LogP contribution >= 0.6 is 0 Å². The highest BCUT2D eigenvalue weighted by Gasteiger charge is 2.21. The minimum absolute atomic E-state index is 0.559. The number of unbranched alkanes of at least 4 members (excludes halogenated alkanes) is 3. The Hall–Kier alpha value is -0.340. The average Bonchev–Trinajstić information content (AvgIpc) is 2.35. The highest BCUT2D eigenvalue weighted by Crippen LogP contribution is 2.28. The fourth-order valence-electron chi connectivity index (χ4n) is 2.82. The number of rotatable bonds is 8. The van der Waals surface area contributed by atoms with Crippen LogP contribution in [0.5, 0.6) is 0 Å². The van der Waals surface area contributed by atoms with Gasteiger partial charge in [-0.05, 0) is 38.0 Å². The van der Waals surface area contributed by atoms with E-state index in [0.29, 0.717) is 6.04 Å². The van der Waals surface area contributed by atoms with Crippen molar-refractivity contribution in [3.8, 4) is 0 Å². The Bertz CT molecular complexity index is 174. The van der Waals surface area contributed by atoms with Gasteiger partial charge in [-0.2, -0.15) is 0 Å². The van der Waals surface area contributed by atoms with Crippen molar-refractivity contribution in [3.05, 3.63) is 12.7 Å². The molecule has 0 aliphatic heterocycles. The first-order chi connectivity index (χ1) is 7.88. The summed E-state index contributed by atoms with van der Waals surface area (Å²) in [5.41, 5.74) is 3.04. The van der Waals surface area contributed by atoms with Crippen LogP contribution in [0.4, 0.5) is 0 Å². The van der Waals surface area contributed by atoms with E-state index in [0.717, 1.165) is 12.3 Å². The molecule has 0 bridgehead atoms. The summed E-state index contributed by atoms with van der Waals surface area (Å²) in [6.45, 7) is 3.75. The van der Waals surface area contributed by atoms with Gasteiger partial charge in [-0.25, -0.2) is 0 Å². The molecule has 0 spiro atoms. The van der Waals surface area contributed by atoms with Crippen LogP contribution in [0.25, 0.3) is 0 Å². The second-order valence-electron chi connectivity index (χ2n) is 5.10. The Kier molecular flexibility index (Phi) is 7.52. The smallest absolute Gasteiger partial charge is 0.0238 e. The van der Waals surface area contributed by atoms with Crippen LogP contribution in [0, 0.1) is 5.92 Å². The topological polar surface area (TPSA) is 38.0 Å². The first kappa shape index (κ1) is 13.7. The number of hydrazine groups is 1. The normalized spacial score (nSPS) is 19.6. The Labute approximate surface area is 101 Å². The largest absolute Gasteiger partial charge is 0.271 e. The van der Waals surface area contributed by atoms with Gasteiger partial charge in [0.2, 0.25) is 0 Å². The molecular weight excluding hydrogens is 196 g/mol. The molecule has 0 radical (unpaired) electrons. The lowest BCUT2D eigenvalue weighted by atomic mass is 9.82. The van der Waals surface area contributed by atoms with Crippen LogP contribution in [0.3, 0.4) is 0 Å². The molecule has 1 aliphatic rings. The van der Waals surface area contributed by atoms with Crippen molar-refractivity contribution in [1.82, 2.24) is 5.43 Å². The van der Waals surface area contributed by atoms with Crippen LogP contribution in [0.15, 0.2) is 12.7 Å². The van der Waals surface area contributed by atoms with Crippen molar-refractivity contribution >= 4 is 0 Å². The number of nitrogens with one attached hydrogen (secondary N) is 1. The van der Waals surface area contributed by atoms with Gasteiger partial charge in [-0.15, -0.1) is 6.58 Å². The van der Waals surface area contributed by atoms with Gasteiger partial charge in [0.05, 0.1) is 0 Å². The van der Waals surface area contributed by atoms with Gasteiger partial charge in [0.1, 0.15) is 0 Å². The standard InChI is InChI=1S/C14H28N2/c1-2-3-4-5-9-12-14(16-15)13-10-7-6-8-11-13/h2,13-14,16H,1,3-12,15H2. The molecule has 16 heavy (non-hydrogen) atoms. The van der Waals surface area contributed by atoms with Gasteiger partial charge in [-0.1, -0.05) is 38.2 Å². The molecule has 1 unspecified atom stereocenters. The summed E-state index contributed by atoms with van der Waals surface area (Å²) in [7, 11) is 0. The number of allylic oxidation sites excluding steroid dienone is 1. The van der Waals surface area contributed by atoms with Gasteiger partial charge in [0.25, 0.3) is 0 Å². The molecule has 0 aromatic heterocycles. The van der Waals surface area contributed by atoms with Gasteiger partial charge in [0.15, 0.2) is 0 Å². The quantitative estimate of drug-likeness (QED) is 0.286. The maximum atomic E-state index is 5.68. The molecule has 3 N–H and O–H groups in total. The van der Waals surface area contributed by atoms with E-state index in [9.17, 15) is 0 Å². The predicted molar refractivity (Wildman–Crippen MR) is 71.0 cm³/mol. The molecular formula is C14H28N2. The molecule has 0 saturated heterocycles. The van der Waals surface area contributed by atoms with E-state index in [1.165, 1.54) is 57.8 Å². The SMILES string of the molecule is C=CCCCCCC(NN)C1CCCCC1. The van der Waals surface area contributed by atoms with Crippen molar-refractivity contribution in [3.63, 3.8) is 0 Å². The van der Waals surface area contributed by atoms with Crippen LogP contribution in [-0.4, -0.2) is 6.04 Å². The van der Waals surface area contributed by atoms with Crippen molar-refractivity contribution in [2.24, 2.45) is 11.8 Å². The van der Waals surface area contributed by atoms with E-state index >= 15 is 0 Å². The zero-order valence-corrected chi connectivity index (χ0v) is 10.6. The molecule has 1 rings (SSSR count). The van der Waals surface area contributed by atoms with E-state index in [1.807, 2.05) is 6.08 Å². The second kappa shape index (κ2) is 8.77. The molecule has 0 heterocycles. The Balaban J connectivity index is 2.12. The van der Waals surface area contributed by atoms with Gasteiger partial charge in [-0.3, -0.25) is 11.3 Å². The molecule has 94 valence electrons. The van der Waals surface area contributed by atoms with Crippen molar-refractivity contribution in [2.45, 2.75) is 70.3 Å². The fraction of sp³-hybridized carbons (Fsp3) is 0.857. The zero-order valence-electron chi connectivity index (χ0n) is 10.6. The van der Waals surface area contributed by atoms with E-state index in [2.05, 4.69) is 12.0 Å². The van der Waals surface area contributed by atoms with Gasteiger partial charge in [0, 0.05) is 6.04 Å². The molecule has 2 nitrogen and oxygen atoms in total. The van der Waals surface area contributed by atoms with E-state index in [1.54, 1.807) is 0 Å². The number of hydrogen-bond acceptors (Lipinski definition) is 2. The molecule has 0 amide bonds. The fourth-order valence-corrected chi connectivity index (χ4v) is 2.82. The van der Waals surface area contributed by atoms with Crippen LogP contribution in [0.2, 0.25) is 0 Å². The van der Waals surface area contributed by atoms with E-state index < -0.39 is 0 Å². The summed E-state index contributed by atoms with van der Waals surface area (Å²) in [6.07, 6.45) is 15.3. The summed E-state index contributed by atoms with van der Waals surface area (Å²) < 4.78 is 0. The zero-order chi connectivity index (χ0) is 11.6. The first-order valence-corrected chi connectivity index (χ1v) is 6.95. The maximum Gasteiger partial charge on any atom is 0.0238 e. The Morgan fingerprint density at radius 2 is 1.94 bits per heavy atom. The van der Waals surface area contributed by atoms with Crippen LogP contribution < -0.4 is 11.3 Å². The summed E-state index contributed by atoms with van der Waals surface area (Å²) in [4.78, 5) is 0. The van der Waals surface area contributed by atoms with Gasteiger partial charge < -0.3 is 0 Å². The lowest BCUT2D eigenvalue weighted by Crippen LogP contribution is -2.41. The molecule has 1 saturated carbocycles. The molecule has 2 heteroatoms.